The number of imidazole rings is 1. The molecule has 0 fully saturated rings. The average molecular weight is 397 g/mol. The van der Waals surface area contributed by atoms with Crippen LogP contribution in [0.1, 0.15) is 0 Å². The Bertz CT molecular complexity index is 1280. The molecule has 0 amide bonds. The maximum Gasteiger partial charge on any atom is 0.205 e. The van der Waals surface area contributed by atoms with E-state index in [1.807, 2.05) is 18.3 Å². The maximum absolute atomic E-state index is 13.8. The molecule has 1 aliphatic heterocycles. The molecular weight excluding hydrogens is 384 g/mol. The van der Waals surface area contributed by atoms with Crippen molar-refractivity contribution >= 4 is 46.5 Å². The molecule has 28 heavy (non-hydrogen) atoms. The van der Waals surface area contributed by atoms with Gasteiger partial charge in [-0.05, 0) is 47.9 Å². The van der Waals surface area contributed by atoms with Gasteiger partial charge in [-0.3, -0.25) is 0 Å². The number of anilines is 2. The van der Waals surface area contributed by atoms with Crippen LogP contribution >= 0.6 is 11.5 Å². The van der Waals surface area contributed by atoms with Gasteiger partial charge in [0.15, 0.2) is 11.6 Å². The largest absolute Gasteiger partial charge is 0.380 e. The van der Waals surface area contributed by atoms with Crippen molar-refractivity contribution in [2.45, 2.75) is 0 Å². The van der Waals surface area contributed by atoms with Crippen LogP contribution in [0.4, 0.5) is 20.4 Å². The normalized spacial score (nSPS) is 13.0. The predicted octanol–water partition coefficient (Wildman–Crippen LogP) is 2.87. The van der Waals surface area contributed by atoms with E-state index in [9.17, 15) is 8.78 Å². The number of benzene rings is 2. The number of aromatic amines is 1. The monoisotopic (exact) mass is 397 g/mol. The lowest BCUT2D eigenvalue weighted by molar-refractivity contribution is 0.0278. The molecule has 5 rings (SSSR count). The number of H-pyrrole nitrogens is 1. The van der Waals surface area contributed by atoms with Gasteiger partial charge < -0.3 is 15.1 Å². The Morgan fingerprint density at radius 1 is 1.18 bits per heavy atom. The lowest BCUT2D eigenvalue weighted by Gasteiger charge is -2.20. The zero-order valence-corrected chi connectivity index (χ0v) is 15.1. The van der Waals surface area contributed by atoms with Crippen LogP contribution < -0.4 is 19.9 Å². The van der Waals surface area contributed by atoms with E-state index in [1.54, 1.807) is 23.4 Å². The smallest absolute Gasteiger partial charge is 0.205 e. The molecule has 0 aliphatic carbocycles. The number of hydrogen-bond donors (Lipinski definition) is 2. The quantitative estimate of drug-likeness (QED) is 0.554. The van der Waals surface area contributed by atoms with Crippen LogP contribution in [0.3, 0.4) is 0 Å². The molecule has 4 aromatic rings. The number of hydroxylamine groups is 2. The summed E-state index contributed by atoms with van der Waals surface area (Å²) < 4.78 is 32.4. The number of rotatable bonds is 4. The lowest BCUT2D eigenvalue weighted by Crippen LogP contribution is -2.34. The molecule has 2 N–H and O–H groups in total. The highest BCUT2D eigenvalue weighted by molar-refractivity contribution is 7.03. The van der Waals surface area contributed by atoms with Crippen LogP contribution in [0.2, 0.25) is 0 Å². The molecule has 0 radical (unpaired) electrons. The van der Waals surface area contributed by atoms with Crippen LogP contribution in [0.25, 0.3) is 23.3 Å². The molecule has 0 saturated heterocycles. The predicted molar refractivity (Wildman–Crippen MR) is 103 cm³/mol. The van der Waals surface area contributed by atoms with Gasteiger partial charge in [0.1, 0.15) is 11.3 Å². The molecule has 0 atom stereocenters. The minimum atomic E-state index is -0.707. The van der Waals surface area contributed by atoms with Gasteiger partial charge in [0.25, 0.3) is 0 Å². The molecule has 9 heteroatoms. The Balaban J connectivity index is 1.31. The third-order valence-electron chi connectivity index (χ3n) is 4.21. The number of nitrogens with zero attached hydrogens (tertiary/aromatic N) is 3. The van der Waals surface area contributed by atoms with Crippen molar-refractivity contribution < 1.29 is 13.6 Å². The van der Waals surface area contributed by atoms with Gasteiger partial charge in [0.2, 0.25) is 5.95 Å². The third kappa shape index (κ3) is 3.16. The molecule has 3 heterocycles. The second-order valence-electron chi connectivity index (χ2n) is 6.19. The SMILES string of the molecule is Fc1cc(F)c2nc(Nc3ccc(ON4C=c5cnsc5=CC4)cc3)[nH]c2c1. The van der Waals surface area contributed by atoms with Gasteiger partial charge in [-0.2, -0.15) is 4.37 Å². The van der Waals surface area contributed by atoms with Gasteiger partial charge in [-0.1, -0.05) is 0 Å². The van der Waals surface area contributed by atoms with E-state index < -0.39 is 11.6 Å². The van der Waals surface area contributed by atoms with Crippen LogP contribution in [0, 0.1) is 11.6 Å². The zero-order valence-electron chi connectivity index (χ0n) is 14.3. The summed E-state index contributed by atoms with van der Waals surface area (Å²) in [5.74, 6) is -0.371. The van der Waals surface area contributed by atoms with Crippen molar-refractivity contribution in [3.63, 3.8) is 0 Å². The first-order chi connectivity index (χ1) is 13.6. The van der Waals surface area contributed by atoms with E-state index >= 15 is 0 Å². The number of nitrogens with one attached hydrogen (secondary N) is 2. The van der Waals surface area contributed by atoms with Crippen molar-refractivity contribution in [3.8, 4) is 5.75 Å². The Labute approximate surface area is 161 Å². The number of halogens is 2. The van der Waals surface area contributed by atoms with Crippen LogP contribution in [0.15, 0.2) is 42.6 Å². The summed E-state index contributed by atoms with van der Waals surface area (Å²) in [6.07, 6.45) is 5.78. The van der Waals surface area contributed by atoms with Crippen LogP contribution in [-0.2, 0) is 0 Å². The van der Waals surface area contributed by atoms with Gasteiger partial charge in [0.05, 0.1) is 22.8 Å². The summed E-state index contributed by atoms with van der Waals surface area (Å²) in [7, 11) is 0. The van der Waals surface area contributed by atoms with E-state index in [2.05, 4.69) is 25.7 Å². The summed E-state index contributed by atoms with van der Waals surface area (Å²) in [4.78, 5) is 12.8. The van der Waals surface area contributed by atoms with Crippen molar-refractivity contribution in [3.05, 3.63) is 64.0 Å². The summed E-state index contributed by atoms with van der Waals surface area (Å²) in [6.45, 7) is 0.635. The third-order valence-corrected chi connectivity index (χ3v) is 5.02. The molecule has 0 unspecified atom stereocenters. The Morgan fingerprint density at radius 3 is 2.89 bits per heavy atom. The standard InChI is InChI=1S/C19H13F2N5OS/c20-12-7-15(21)18-16(8-12)24-19(25-18)23-13-1-3-14(4-2-13)27-26-6-5-17-11(10-26)9-22-28-17/h1-5,7-10H,6H2,(H2,23,24,25). The first kappa shape index (κ1) is 16.7. The Kier molecular flexibility index (Phi) is 3.94. The van der Waals surface area contributed by atoms with Crippen molar-refractivity contribution in [1.82, 2.24) is 19.4 Å². The highest BCUT2D eigenvalue weighted by atomic mass is 32.1. The zero-order chi connectivity index (χ0) is 19.1. The summed E-state index contributed by atoms with van der Waals surface area (Å²) in [6, 6.07) is 9.24. The summed E-state index contributed by atoms with van der Waals surface area (Å²) in [5.41, 5.74) is 1.10. The molecule has 0 spiro atoms. The maximum atomic E-state index is 13.8. The Hall–Kier alpha value is -3.46. The van der Waals surface area contributed by atoms with Crippen LogP contribution in [-0.4, -0.2) is 25.9 Å². The van der Waals surface area contributed by atoms with Crippen molar-refractivity contribution in [2.24, 2.45) is 0 Å². The topological polar surface area (TPSA) is 66.1 Å². The van der Waals surface area contributed by atoms with Crippen LogP contribution in [0.5, 0.6) is 5.75 Å². The molecule has 140 valence electrons. The van der Waals surface area contributed by atoms with E-state index in [1.165, 1.54) is 17.6 Å². The van der Waals surface area contributed by atoms with E-state index in [0.717, 1.165) is 21.5 Å². The fourth-order valence-corrected chi connectivity index (χ4v) is 3.57. The molecule has 2 aromatic heterocycles. The highest BCUT2D eigenvalue weighted by Gasteiger charge is 2.10. The molecule has 0 saturated carbocycles. The van der Waals surface area contributed by atoms with Gasteiger partial charge in [-0.25, -0.2) is 18.8 Å². The lowest BCUT2D eigenvalue weighted by atomic mass is 10.3. The minimum absolute atomic E-state index is 0.0861. The first-order valence-corrected chi connectivity index (χ1v) is 9.20. The van der Waals surface area contributed by atoms with Gasteiger partial charge >= 0.3 is 0 Å². The minimum Gasteiger partial charge on any atom is -0.380 e. The second-order valence-corrected chi connectivity index (χ2v) is 7.02. The van der Waals surface area contributed by atoms with Gasteiger partial charge in [0, 0.05) is 23.2 Å². The fourth-order valence-electron chi connectivity index (χ4n) is 2.93. The molecule has 0 bridgehead atoms. The Morgan fingerprint density at radius 2 is 2.04 bits per heavy atom. The fraction of sp³-hybridized carbons (Fsp3) is 0.0526. The van der Waals surface area contributed by atoms with Crippen molar-refractivity contribution in [1.29, 1.82) is 0 Å². The molecule has 6 nitrogen and oxygen atoms in total. The first-order valence-electron chi connectivity index (χ1n) is 8.43. The molecular formula is C19H13F2N5OS. The molecule has 1 aliphatic rings. The summed E-state index contributed by atoms with van der Waals surface area (Å²) >= 11 is 1.46. The summed E-state index contributed by atoms with van der Waals surface area (Å²) in [5, 5.41) is 5.80. The van der Waals surface area contributed by atoms with Gasteiger partial charge in [-0.15, -0.1) is 0 Å². The van der Waals surface area contributed by atoms with Crippen molar-refractivity contribution in [2.75, 3.05) is 11.9 Å². The highest BCUT2D eigenvalue weighted by Crippen LogP contribution is 2.23. The van der Waals surface area contributed by atoms with E-state index in [0.29, 0.717) is 23.8 Å². The van der Waals surface area contributed by atoms with E-state index in [4.69, 9.17) is 4.84 Å². The number of fused-ring (bicyclic) bond motifs is 2. The molecule has 2 aromatic carbocycles. The number of hydrogen-bond acceptors (Lipinski definition) is 6. The second kappa shape index (κ2) is 6.61. The average Bonchev–Trinajstić information content (AvgIpc) is 3.29. The number of aromatic nitrogens is 3. The van der Waals surface area contributed by atoms with E-state index in [-0.39, 0.29) is 5.52 Å².